The van der Waals surface area contributed by atoms with Crippen LogP contribution in [0.5, 0.6) is 5.75 Å². The first-order valence-electron chi connectivity index (χ1n) is 9.00. The number of benzene rings is 1. The van der Waals surface area contributed by atoms with Gasteiger partial charge in [-0.15, -0.1) is 0 Å². The van der Waals surface area contributed by atoms with E-state index < -0.39 is 27.8 Å². The molecule has 0 radical (unpaired) electrons. The maximum Gasteiger partial charge on any atom is 0.338 e. The van der Waals surface area contributed by atoms with Crippen LogP contribution in [0.4, 0.5) is 0 Å². The predicted molar refractivity (Wildman–Crippen MR) is 101 cm³/mol. The second-order valence-electron chi connectivity index (χ2n) is 7.28. The first-order valence-corrected chi connectivity index (χ1v) is 10.8. The van der Waals surface area contributed by atoms with E-state index in [9.17, 15) is 18.0 Å². The van der Waals surface area contributed by atoms with Crippen molar-refractivity contribution in [3.05, 3.63) is 29.8 Å². The van der Waals surface area contributed by atoms with Gasteiger partial charge in [0.05, 0.1) is 23.7 Å². The standard InChI is InChI=1S/C19H27NO6S/c1-13(2)11-25-17-7-5-15(6-8-17)19(22)26-14(3)18(21)20(4)16-9-10-27(23,24)12-16/h5-8,13-14,16H,9-12H2,1-4H3/t14-,16+/m0/s1. The maximum absolute atomic E-state index is 12.4. The minimum absolute atomic E-state index is 0.0479. The van der Waals surface area contributed by atoms with E-state index >= 15 is 0 Å². The smallest absolute Gasteiger partial charge is 0.338 e. The number of nitrogens with zero attached hydrogens (tertiary/aromatic N) is 1. The highest BCUT2D eigenvalue weighted by molar-refractivity contribution is 7.91. The molecule has 0 N–H and O–H groups in total. The lowest BCUT2D eigenvalue weighted by Gasteiger charge is -2.26. The summed E-state index contributed by atoms with van der Waals surface area (Å²) in [6, 6.07) is 6.16. The van der Waals surface area contributed by atoms with Gasteiger partial charge in [-0.2, -0.15) is 0 Å². The SMILES string of the molecule is CC(C)COc1ccc(C(=O)O[C@@H](C)C(=O)N(C)[C@@H]2CCS(=O)(=O)C2)cc1. The summed E-state index contributed by atoms with van der Waals surface area (Å²) in [5, 5.41) is 0. The Morgan fingerprint density at radius 1 is 1.19 bits per heavy atom. The Balaban J connectivity index is 1.91. The van der Waals surface area contributed by atoms with E-state index in [-0.39, 0.29) is 17.5 Å². The van der Waals surface area contributed by atoms with Gasteiger partial charge >= 0.3 is 5.97 Å². The Kier molecular flexibility index (Phi) is 6.86. The van der Waals surface area contributed by atoms with Gasteiger partial charge in [-0.1, -0.05) is 13.8 Å². The third-order valence-corrected chi connectivity index (χ3v) is 6.16. The third-order valence-electron chi connectivity index (χ3n) is 4.41. The summed E-state index contributed by atoms with van der Waals surface area (Å²) >= 11 is 0. The van der Waals surface area contributed by atoms with Crippen LogP contribution in [0.1, 0.15) is 37.6 Å². The molecule has 0 spiro atoms. The number of carbonyl (C=O) groups is 2. The van der Waals surface area contributed by atoms with E-state index in [2.05, 4.69) is 0 Å². The highest BCUT2D eigenvalue weighted by Gasteiger charge is 2.35. The molecule has 8 heteroatoms. The second-order valence-corrected chi connectivity index (χ2v) is 9.51. The van der Waals surface area contributed by atoms with Crippen LogP contribution in [-0.4, -0.2) is 62.5 Å². The number of hydrogen-bond donors (Lipinski definition) is 0. The quantitative estimate of drug-likeness (QED) is 0.653. The van der Waals surface area contributed by atoms with E-state index in [1.54, 1.807) is 31.3 Å². The number of ether oxygens (including phenoxy) is 2. The molecule has 0 bridgehead atoms. The van der Waals surface area contributed by atoms with Crippen molar-refractivity contribution in [1.29, 1.82) is 0 Å². The molecular formula is C19H27NO6S. The minimum atomic E-state index is -3.09. The molecule has 1 aromatic rings. The molecule has 1 aliphatic rings. The lowest BCUT2D eigenvalue weighted by atomic mass is 10.2. The molecule has 2 atom stereocenters. The normalized spacial score (nSPS) is 19.5. The molecule has 27 heavy (non-hydrogen) atoms. The van der Waals surface area contributed by atoms with Crippen molar-refractivity contribution in [3.8, 4) is 5.75 Å². The van der Waals surface area contributed by atoms with Crippen LogP contribution < -0.4 is 4.74 Å². The van der Waals surface area contributed by atoms with E-state index in [1.165, 1.54) is 11.8 Å². The monoisotopic (exact) mass is 397 g/mol. The fourth-order valence-electron chi connectivity index (χ4n) is 2.78. The van der Waals surface area contributed by atoms with Crippen molar-refractivity contribution < 1.29 is 27.5 Å². The van der Waals surface area contributed by atoms with E-state index in [0.29, 0.717) is 30.3 Å². The number of esters is 1. The van der Waals surface area contributed by atoms with Crippen LogP contribution in [0.3, 0.4) is 0 Å². The molecule has 0 aliphatic carbocycles. The zero-order valence-electron chi connectivity index (χ0n) is 16.2. The van der Waals surface area contributed by atoms with Gasteiger partial charge in [0, 0.05) is 13.1 Å². The number of likely N-dealkylation sites (N-methyl/N-ethyl adjacent to an activating group) is 1. The molecule has 1 aromatic carbocycles. The van der Waals surface area contributed by atoms with Gasteiger partial charge in [-0.05, 0) is 43.5 Å². The third kappa shape index (κ3) is 5.95. The molecule has 7 nitrogen and oxygen atoms in total. The van der Waals surface area contributed by atoms with Crippen LogP contribution in [0.15, 0.2) is 24.3 Å². The Bertz CT molecular complexity index is 772. The Labute approximate surface area is 160 Å². The molecule has 1 amide bonds. The number of rotatable bonds is 7. The van der Waals surface area contributed by atoms with E-state index in [0.717, 1.165) is 0 Å². The summed E-state index contributed by atoms with van der Waals surface area (Å²) in [4.78, 5) is 26.1. The van der Waals surface area contributed by atoms with Gasteiger partial charge in [0.15, 0.2) is 15.9 Å². The largest absolute Gasteiger partial charge is 0.493 e. The fraction of sp³-hybridized carbons (Fsp3) is 0.579. The van der Waals surface area contributed by atoms with Crippen LogP contribution in [0.25, 0.3) is 0 Å². The Morgan fingerprint density at radius 2 is 1.81 bits per heavy atom. The first-order chi connectivity index (χ1) is 12.6. The van der Waals surface area contributed by atoms with Gasteiger partial charge in [0.2, 0.25) is 0 Å². The van der Waals surface area contributed by atoms with Crippen molar-refractivity contribution in [1.82, 2.24) is 4.90 Å². The maximum atomic E-state index is 12.4. The summed E-state index contributed by atoms with van der Waals surface area (Å²) in [7, 11) is -1.55. The fourth-order valence-corrected chi connectivity index (χ4v) is 4.55. The predicted octanol–water partition coefficient (Wildman–Crippen LogP) is 1.91. The van der Waals surface area contributed by atoms with Crippen LogP contribution in [-0.2, 0) is 19.4 Å². The minimum Gasteiger partial charge on any atom is -0.493 e. The van der Waals surface area contributed by atoms with Crippen molar-refractivity contribution >= 4 is 21.7 Å². The molecule has 0 saturated carbocycles. The van der Waals surface area contributed by atoms with Crippen LogP contribution in [0.2, 0.25) is 0 Å². The second kappa shape index (κ2) is 8.73. The highest BCUT2D eigenvalue weighted by atomic mass is 32.2. The van der Waals surface area contributed by atoms with Gasteiger partial charge in [0.25, 0.3) is 5.91 Å². The number of amides is 1. The number of sulfone groups is 1. The van der Waals surface area contributed by atoms with E-state index in [4.69, 9.17) is 9.47 Å². The van der Waals surface area contributed by atoms with Crippen molar-refractivity contribution in [2.45, 2.75) is 39.3 Å². The highest BCUT2D eigenvalue weighted by Crippen LogP contribution is 2.19. The average molecular weight is 397 g/mol. The molecule has 1 aliphatic heterocycles. The number of carbonyl (C=O) groups excluding carboxylic acids is 2. The van der Waals surface area contributed by atoms with Gasteiger partial charge in [-0.3, -0.25) is 4.79 Å². The summed E-state index contributed by atoms with van der Waals surface area (Å²) in [5.41, 5.74) is 0.317. The molecule has 1 heterocycles. The van der Waals surface area contributed by atoms with Crippen molar-refractivity contribution in [2.24, 2.45) is 5.92 Å². The Hall–Kier alpha value is -2.09. The van der Waals surface area contributed by atoms with Gasteiger partial charge < -0.3 is 14.4 Å². The van der Waals surface area contributed by atoms with Gasteiger partial charge in [-0.25, -0.2) is 13.2 Å². The average Bonchev–Trinajstić information content (AvgIpc) is 2.98. The van der Waals surface area contributed by atoms with Gasteiger partial charge in [0.1, 0.15) is 5.75 Å². The molecule has 0 aromatic heterocycles. The zero-order chi connectivity index (χ0) is 20.2. The molecule has 1 fully saturated rings. The molecule has 150 valence electrons. The van der Waals surface area contributed by atoms with Crippen LogP contribution in [0, 0.1) is 5.92 Å². The summed E-state index contributed by atoms with van der Waals surface area (Å²) < 4.78 is 34.0. The van der Waals surface area contributed by atoms with Crippen LogP contribution >= 0.6 is 0 Å². The van der Waals surface area contributed by atoms with E-state index in [1.807, 2.05) is 13.8 Å². The lowest BCUT2D eigenvalue weighted by Crippen LogP contribution is -2.44. The topological polar surface area (TPSA) is 90.0 Å². The molecular weight excluding hydrogens is 370 g/mol. The summed E-state index contributed by atoms with van der Waals surface area (Å²) in [6.07, 6.45) is -0.592. The summed E-state index contributed by atoms with van der Waals surface area (Å²) in [6.45, 7) is 6.16. The van der Waals surface area contributed by atoms with Crippen molar-refractivity contribution in [3.63, 3.8) is 0 Å². The lowest BCUT2D eigenvalue weighted by molar-refractivity contribution is -0.140. The zero-order valence-corrected chi connectivity index (χ0v) is 17.0. The number of hydrogen-bond acceptors (Lipinski definition) is 6. The van der Waals surface area contributed by atoms with Crippen molar-refractivity contribution in [2.75, 3.05) is 25.2 Å². The Morgan fingerprint density at radius 3 is 2.33 bits per heavy atom. The summed E-state index contributed by atoms with van der Waals surface area (Å²) in [5.74, 6) is 0.0588. The molecule has 0 unspecified atom stereocenters. The first kappa shape index (κ1) is 21.2. The molecule has 1 saturated heterocycles. The molecule has 2 rings (SSSR count).